The van der Waals surface area contributed by atoms with E-state index >= 15 is 0 Å². The van der Waals surface area contributed by atoms with Crippen LogP contribution in [0.3, 0.4) is 0 Å². The summed E-state index contributed by atoms with van der Waals surface area (Å²) in [6.45, 7) is 11.0. The van der Waals surface area contributed by atoms with Crippen molar-refractivity contribution in [3.63, 3.8) is 0 Å². The van der Waals surface area contributed by atoms with Crippen molar-refractivity contribution in [2.24, 2.45) is 10.8 Å². The Morgan fingerprint density at radius 1 is 0.778 bits per heavy atom. The predicted molar refractivity (Wildman–Crippen MR) is 72.6 cm³/mol. The predicted octanol–water partition coefficient (Wildman–Crippen LogP) is 3.79. The summed E-state index contributed by atoms with van der Waals surface area (Å²) < 4.78 is 0. The molecule has 0 aliphatic heterocycles. The lowest BCUT2D eigenvalue weighted by Crippen LogP contribution is -2.22. The average molecular weight is 260 g/mol. The van der Waals surface area contributed by atoms with E-state index in [2.05, 4.69) is 0 Å². The van der Waals surface area contributed by atoms with Gasteiger partial charge in [0, 0.05) is 0 Å². The maximum absolute atomic E-state index is 10.4. The third-order valence-electron chi connectivity index (χ3n) is 2.91. The fourth-order valence-corrected chi connectivity index (χ4v) is 1.46. The summed E-state index contributed by atoms with van der Waals surface area (Å²) in [4.78, 5) is 20.8. The van der Waals surface area contributed by atoms with Crippen LogP contribution in [0.2, 0.25) is 0 Å². The quantitative estimate of drug-likeness (QED) is 0.761. The molecular formula is C14H28O4. The molecule has 0 aliphatic rings. The lowest BCUT2D eigenvalue weighted by Gasteiger charge is -2.16. The summed E-state index contributed by atoms with van der Waals surface area (Å²) >= 11 is 0. The van der Waals surface area contributed by atoms with E-state index in [1.54, 1.807) is 27.7 Å². The Balaban J connectivity index is 0. The Hall–Kier alpha value is -1.06. The largest absolute Gasteiger partial charge is 0.481 e. The molecule has 18 heavy (non-hydrogen) atoms. The molecule has 0 aliphatic carbocycles. The lowest BCUT2D eigenvalue weighted by atomic mass is 9.88. The topological polar surface area (TPSA) is 74.6 Å². The molecule has 2 N–H and O–H groups in total. The highest BCUT2D eigenvalue weighted by atomic mass is 16.4. The molecule has 0 bridgehead atoms. The normalized spacial score (nSPS) is 11.4. The van der Waals surface area contributed by atoms with Gasteiger partial charge in [-0.2, -0.15) is 0 Å². The second-order valence-electron chi connectivity index (χ2n) is 5.88. The minimum atomic E-state index is -0.704. The van der Waals surface area contributed by atoms with Gasteiger partial charge in [-0.05, 0) is 40.5 Å². The molecular weight excluding hydrogens is 232 g/mol. The molecule has 4 heteroatoms. The van der Waals surface area contributed by atoms with E-state index in [1.807, 2.05) is 13.8 Å². The van der Waals surface area contributed by atoms with Gasteiger partial charge in [-0.25, -0.2) is 0 Å². The first-order valence-corrected chi connectivity index (χ1v) is 6.48. The first kappa shape index (κ1) is 19.3. The lowest BCUT2D eigenvalue weighted by molar-refractivity contribution is -0.148. The van der Waals surface area contributed by atoms with Crippen LogP contribution >= 0.6 is 0 Å². The van der Waals surface area contributed by atoms with Gasteiger partial charge < -0.3 is 10.2 Å². The Bertz CT molecular complexity index is 239. The fourth-order valence-electron chi connectivity index (χ4n) is 1.46. The molecule has 0 saturated carbocycles. The molecule has 0 saturated heterocycles. The number of hydrogen-bond acceptors (Lipinski definition) is 2. The highest BCUT2D eigenvalue weighted by Crippen LogP contribution is 2.22. The van der Waals surface area contributed by atoms with Crippen LogP contribution < -0.4 is 0 Å². The van der Waals surface area contributed by atoms with Gasteiger partial charge in [-0.3, -0.25) is 9.59 Å². The van der Waals surface area contributed by atoms with Gasteiger partial charge in [0.1, 0.15) is 0 Å². The number of carbonyl (C=O) groups is 2. The summed E-state index contributed by atoms with van der Waals surface area (Å²) in [5.74, 6) is -1.41. The number of hydrogen-bond donors (Lipinski definition) is 2. The van der Waals surface area contributed by atoms with Gasteiger partial charge in [0.2, 0.25) is 0 Å². The van der Waals surface area contributed by atoms with Crippen LogP contribution in [0, 0.1) is 10.8 Å². The molecule has 0 radical (unpaired) electrons. The van der Waals surface area contributed by atoms with Crippen LogP contribution in [0.5, 0.6) is 0 Å². The molecule has 0 aromatic carbocycles. The van der Waals surface area contributed by atoms with Crippen molar-refractivity contribution in [1.29, 1.82) is 0 Å². The number of carboxylic acids is 2. The number of carboxylic acid groups (broad SMARTS) is 2. The van der Waals surface area contributed by atoms with Crippen LogP contribution in [0.4, 0.5) is 0 Å². The van der Waals surface area contributed by atoms with Gasteiger partial charge >= 0.3 is 11.9 Å². The summed E-state index contributed by atoms with van der Waals surface area (Å²) in [7, 11) is 0. The zero-order valence-corrected chi connectivity index (χ0v) is 12.5. The molecule has 108 valence electrons. The molecule has 0 amide bonds. The molecule has 0 aromatic heterocycles. The van der Waals surface area contributed by atoms with Gasteiger partial charge in [-0.1, -0.05) is 26.7 Å². The van der Waals surface area contributed by atoms with Crippen molar-refractivity contribution in [2.75, 3.05) is 0 Å². The van der Waals surface area contributed by atoms with Crippen molar-refractivity contribution >= 4 is 11.9 Å². The monoisotopic (exact) mass is 260 g/mol. The highest BCUT2D eigenvalue weighted by Gasteiger charge is 2.25. The van der Waals surface area contributed by atoms with Gasteiger partial charge in [0.25, 0.3) is 0 Å². The smallest absolute Gasteiger partial charge is 0.309 e. The fraction of sp³-hybridized carbons (Fsp3) is 0.857. The van der Waals surface area contributed by atoms with Crippen molar-refractivity contribution in [1.82, 2.24) is 0 Å². The van der Waals surface area contributed by atoms with Crippen molar-refractivity contribution in [2.45, 2.75) is 67.2 Å². The van der Waals surface area contributed by atoms with E-state index in [9.17, 15) is 9.59 Å². The maximum atomic E-state index is 10.4. The molecule has 0 rings (SSSR count). The maximum Gasteiger partial charge on any atom is 0.309 e. The Morgan fingerprint density at radius 2 is 1.00 bits per heavy atom. The van der Waals surface area contributed by atoms with Crippen molar-refractivity contribution < 1.29 is 19.8 Å². The first-order valence-electron chi connectivity index (χ1n) is 6.48. The van der Waals surface area contributed by atoms with E-state index in [0.717, 1.165) is 25.7 Å². The molecule has 0 spiro atoms. The van der Waals surface area contributed by atoms with E-state index in [-0.39, 0.29) is 0 Å². The minimum absolute atomic E-state index is 0.533. The van der Waals surface area contributed by atoms with Crippen LogP contribution in [-0.4, -0.2) is 22.2 Å². The second kappa shape index (κ2) is 8.11. The van der Waals surface area contributed by atoms with E-state index in [4.69, 9.17) is 10.2 Å². The zero-order chi connectivity index (χ0) is 15.0. The summed E-state index contributed by atoms with van der Waals surface area (Å²) in [6, 6.07) is 0. The third kappa shape index (κ3) is 8.09. The average Bonchev–Trinajstić information content (AvgIpc) is 2.17. The molecule has 0 atom stereocenters. The van der Waals surface area contributed by atoms with Gasteiger partial charge in [0.15, 0.2) is 0 Å². The molecule has 0 fully saturated rings. The van der Waals surface area contributed by atoms with E-state index in [1.165, 1.54) is 0 Å². The van der Waals surface area contributed by atoms with Crippen LogP contribution in [0.1, 0.15) is 67.2 Å². The van der Waals surface area contributed by atoms with Gasteiger partial charge in [-0.15, -0.1) is 0 Å². The zero-order valence-electron chi connectivity index (χ0n) is 12.5. The van der Waals surface area contributed by atoms with Crippen LogP contribution in [0.25, 0.3) is 0 Å². The second-order valence-corrected chi connectivity index (χ2v) is 5.88. The van der Waals surface area contributed by atoms with Crippen LogP contribution in [-0.2, 0) is 9.59 Å². The summed E-state index contributed by atoms with van der Waals surface area (Å²) in [5, 5.41) is 17.1. The van der Waals surface area contributed by atoms with Gasteiger partial charge in [0.05, 0.1) is 10.8 Å². The minimum Gasteiger partial charge on any atom is -0.481 e. The molecule has 0 unspecified atom stereocenters. The molecule has 4 nitrogen and oxygen atoms in total. The highest BCUT2D eigenvalue weighted by molar-refractivity contribution is 5.73. The summed E-state index contributed by atoms with van der Waals surface area (Å²) in [5.41, 5.74) is -1.07. The van der Waals surface area contributed by atoms with E-state index in [0.29, 0.717) is 0 Å². The first-order chi connectivity index (χ1) is 8.01. The third-order valence-corrected chi connectivity index (χ3v) is 2.91. The molecule has 0 aromatic rings. The Labute approximate surface area is 110 Å². The number of aliphatic carboxylic acids is 2. The number of rotatable bonds is 6. The Kier molecular flexibility index (Phi) is 8.69. The van der Waals surface area contributed by atoms with Crippen molar-refractivity contribution in [3.8, 4) is 0 Å². The summed E-state index contributed by atoms with van der Waals surface area (Å²) in [6.07, 6.45) is 3.36. The molecule has 0 heterocycles. The standard InChI is InChI=1S/2C7H14O2/c2*1-4-5-7(2,3)6(8)9/h2*4-5H2,1-3H3,(H,8,9). The van der Waals surface area contributed by atoms with E-state index < -0.39 is 22.8 Å². The van der Waals surface area contributed by atoms with Crippen LogP contribution in [0.15, 0.2) is 0 Å². The Morgan fingerprint density at radius 3 is 1.06 bits per heavy atom. The van der Waals surface area contributed by atoms with Crippen molar-refractivity contribution in [3.05, 3.63) is 0 Å². The SMILES string of the molecule is CCCC(C)(C)C(=O)O.CCCC(C)(C)C(=O)O.